The van der Waals surface area contributed by atoms with E-state index in [0.717, 1.165) is 32.4 Å². The summed E-state index contributed by atoms with van der Waals surface area (Å²) in [6, 6.07) is 3.43. The number of carbonyl (C=O) groups is 1. The molecule has 21 heavy (non-hydrogen) atoms. The molecule has 0 spiro atoms. The van der Waals surface area contributed by atoms with E-state index in [2.05, 4.69) is 14.8 Å². The predicted octanol–water partition coefficient (Wildman–Crippen LogP) is 1.96. The van der Waals surface area contributed by atoms with Crippen molar-refractivity contribution < 1.29 is 9.18 Å². The van der Waals surface area contributed by atoms with Crippen molar-refractivity contribution in [2.75, 3.05) is 32.7 Å². The van der Waals surface area contributed by atoms with Gasteiger partial charge in [0.05, 0.1) is 6.20 Å². The third kappa shape index (κ3) is 3.66. The molecule has 0 bridgehead atoms. The number of nitrogens with zero attached hydrogens (tertiary/aromatic N) is 3. The number of piperidine rings is 1. The predicted molar refractivity (Wildman–Crippen MR) is 78.8 cm³/mol. The normalized spacial score (nSPS) is 23.8. The fraction of sp³-hybridized carbons (Fsp3) is 0.625. The van der Waals surface area contributed by atoms with Crippen molar-refractivity contribution in [2.45, 2.75) is 31.7 Å². The molecular formula is C16H22FN3O. The van der Waals surface area contributed by atoms with Gasteiger partial charge >= 0.3 is 0 Å². The van der Waals surface area contributed by atoms with Gasteiger partial charge in [-0.2, -0.15) is 0 Å². The van der Waals surface area contributed by atoms with Crippen LogP contribution in [0.25, 0.3) is 0 Å². The molecule has 3 heterocycles. The number of ketones is 1. The second-order valence-electron chi connectivity index (χ2n) is 6.02. The molecule has 1 aromatic heterocycles. The molecule has 0 N–H and O–H groups in total. The molecule has 0 aromatic carbocycles. The Balaban J connectivity index is 1.48. The van der Waals surface area contributed by atoms with Crippen LogP contribution in [0.1, 0.15) is 36.2 Å². The lowest BCUT2D eigenvalue weighted by atomic mass is 9.99. The van der Waals surface area contributed by atoms with Gasteiger partial charge in [-0.1, -0.05) is 6.42 Å². The lowest BCUT2D eigenvalue weighted by Gasteiger charge is -2.44. The van der Waals surface area contributed by atoms with Crippen LogP contribution >= 0.6 is 0 Å². The van der Waals surface area contributed by atoms with Crippen LogP contribution in [-0.2, 0) is 0 Å². The number of rotatable bonds is 4. The fourth-order valence-electron chi connectivity index (χ4n) is 3.35. The lowest BCUT2D eigenvalue weighted by Crippen LogP contribution is -2.54. The highest BCUT2D eigenvalue weighted by Gasteiger charge is 2.28. The number of aromatic nitrogens is 1. The summed E-state index contributed by atoms with van der Waals surface area (Å²) in [6.07, 6.45) is 5.50. The summed E-state index contributed by atoms with van der Waals surface area (Å²) in [4.78, 5) is 20.9. The van der Waals surface area contributed by atoms with E-state index in [9.17, 15) is 9.18 Å². The maximum Gasteiger partial charge on any atom is 0.182 e. The number of pyridine rings is 1. The Labute approximate surface area is 125 Å². The standard InChI is InChI=1S/C16H22FN3O/c17-13-4-5-15(18-11-13)16(21)6-8-19-9-10-20-7-2-1-3-14(20)12-19/h4-5,11,14H,1-3,6-10,12H2. The van der Waals surface area contributed by atoms with Crippen molar-refractivity contribution in [1.82, 2.24) is 14.8 Å². The first kappa shape index (κ1) is 14.6. The van der Waals surface area contributed by atoms with Gasteiger partial charge < -0.3 is 4.90 Å². The number of hydrogen-bond acceptors (Lipinski definition) is 4. The van der Waals surface area contributed by atoms with E-state index >= 15 is 0 Å². The maximum absolute atomic E-state index is 12.8. The van der Waals surface area contributed by atoms with Gasteiger partial charge in [0.1, 0.15) is 11.5 Å². The molecule has 3 rings (SSSR count). The fourth-order valence-corrected chi connectivity index (χ4v) is 3.35. The molecule has 0 saturated carbocycles. The van der Waals surface area contributed by atoms with Crippen LogP contribution in [0.15, 0.2) is 18.3 Å². The van der Waals surface area contributed by atoms with Crippen molar-refractivity contribution in [1.29, 1.82) is 0 Å². The number of hydrogen-bond donors (Lipinski definition) is 0. The average molecular weight is 291 g/mol. The second-order valence-corrected chi connectivity index (χ2v) is 6.02. The Morgan fingerprint density at radius 3 is 3.00 bits per heavy atom. The van der Waals surface area contributed by atoms with E-state index in [0.29, 0.717) is 18.2 Å². The van der Waals surface area contributed by atoms with Crippen LogP contribution in [0.5, 0.6) is 0 Å². The van der Waals surface area contributed by atoms with E-state index in [1.807, 2.05) is 0 Å². The van der Waals surface area contributed by atoms with Crippen molar-refractivity contribution >= 4 is 5.78 Å². The molecule has 5 heteroatoms. The summed E-state index contributed by atoms with van der Waals surface area (Å²) < 4.78 is 12.8. The summed E-state index contributed by atoms with van der Waals surface area (Å²) >= 11 is 0. The van der Waals surface area contributed by atoms with Crippen LogP contribution in [0.4, 0.5) is 4.39 Å². The number of piperazine rings is 1. The van der Waals surface area contributed by atoms with Gasteiger partial charge in [0, 0.05) is 38.6 Å². The second kappa shape index (κ2) is 6.62. The molecule has 1 aromatic rings. The Hall–Kier alpha value is -1.33. The Bertz CT molecular complexity index is 491. The molecule has 2 aliphatic heterocycles. The summed E-state index contributed by atoms with van der Waals surface area (Å²) in [5, 5.41) is 0. The van der Waals surface area contributed by atoms with Gasteiger partial charge in [0.15, 0.2) is 5.78 Å². The quantitative estimate of drug-likeness (QED) is 0.795. The van der Waals surface area contributed by atoms with Crippen molar-refractivity contribution in [3.05, 3.63) is 29.8 Å². The van der Waals surface area contributed by atoms with Crippen LogP contribution in [0.3, 0.4) is 0 Å². The SMILES string of the molecule is O=C(CCN1CCN2CCCCC2C1)c1ccc(F)cn1. The Morgan fingerprint density at radius 2 is 2.19 bits per heavy atom. The number of carbonyl (C=O) groups excluding carboxylic acids is 1. The Morgan fingerprint density at radius 1 is 1.29 bits per heavy atom. The number of Topliss-reactive ketones (excluding diaryl/α,β-unsaturated/α-hetero) is 1. The van der Waals surface area contributed by atoms with Crippen LogP contribution < -0.4 is 0 Å². The molecule has 2 fully saturated rings. The molecule has 2 saturated heterocycles. The topological polar surface area (TPSA) is 36.4 Å². The molecular weight excluding hydrogens is 269 g/mol. The summed E-state index contributed by atoms with van der Waals surface area (Å²) in [6.45, 7) is 5.25. The molecule has 0 aliphatic carbocycles. The molecule has 1 unspecified atom stereocenters. The molecule has 114 valence electrons. The first-order chi connectivity index (χ1) is 10.2. The number of fused-ring (bicyclic) bond motifs is 1. The van der Waals surface area contributed by atoms with E-state index in [1.54, 1.807) is 0 Å². The Kier molecular flexibility index (Phi) is 4.60. The van der Waals surface area contributed by atoms with Gasteiger partial charge in [-0.05, 0) is 31.5 Å². The van der Waals surface area contributed by atoms with E-state index in [1.165, 1.54) is 37.9 Å². The lowest BCUT2D eigenvalue weighted by molar-refractivity contribution is 0.0480. The zero-order chi connectivity index (χ0) is 14.7. The third-order valence-corrected chi connectivity index (χ3v) is 4.59. The monoisotopic (exact) mass is 291 g/mol. The summed E-state index contributed by atoms with van der Waals surface area (Å²) in [5.74, 6) is -0.402. The first-order valence-electron chi connectivity index (χ1n) is 7.83. The highest BCUT2D eigenvalue weighted by atomic mass is 19.1. The minimum atomic E-state index is -0.403. The minimum Gasteiger partial charge on any atom is -0.300 e. The minimum absolute atomic E-state index is 0.000994. The van der Waals surface area contributed by atoms with E-state index in [4.69, 9.17) is 0 Å². The van der Waals surface area contributed by atoms with Crippen molar-refractivity contribution in [3.8, 4) is 0 Å². The smallest absolute Gasteiger partial charge is 0.182 e. The molecule has 0 radical (unpaired) electrons. The van der Waals surface area contributed by atoms with Gasteiger partial charge in [-0.15, -0.1) is 0 Å². The van der Waals surface area contributed by atoms with E-state index < -0.39 is 5.82 Å². The maximum atomic E-state index is 12.8. The first-order valence-corrected chi connectivity index (χ1v) is 7.83. The summed E-state index contributed by atoms with van der Waals surface area (Å²) in [5.41, 5.74) is 0.368. The van der Waals surface area contributed by atoms with Crippen LogP contribution in [0.2, 0.25) is 0 Å². The highest BCUT2D eigenvalue weighted by molar-refractivity contribution is 5.94. The molecule has 2 aliphatic rings. The van der Waals surface area contributed by atoms with Crippen molar-refractivity contribution in [3.63, 3.8) is 0 Å². The van der Waals surface area contributed by atoms with E-state index in [-0.39, 0.29) is 5.78 Å². The average Bonchev–Trinajstić information content (AvgIpc) is 2.53. The van der Waals surface area contributed by atoms with Crippen LogP contribution in [-0.4, -0.2) is 59.3 Å². The van der Waals surface area contributed by atoms with Gasteiger partial charge in [-0.25, -0.2) is 4.39 Å². The van der Waals surface area contributed by atoms with Crippen LogP contribution in [0, 0.1) is 5.82 Å². The zero-order valence-corrected chi connectivity index (χ0v) is 12.3. The molecule has 1 atom stereocenters. The zero-order valence-electron chi connectivity index (χ0n) is 12.3. The van der Waals surface area contributed by atoms with Gasteiger partial charge in [-0.3, -0.25) is 14.7 Å². The summed E-state index contributed by atoms with van der Waals surface area (Å²) in [7, 11) is 0. The highest BCUT2D eigenvalue weighted by Crippen LogP contribution is 2.21. The third-order valence-electron chi connectivity index (χ3n) is 4.59. The van der Waals surface area contributed by atoms with Crippen molar-refractivity contribution in [2.24, 2.45) is 0 Å². The largest absolute Gasteiger partial charge is 0.300 e. The van der Waals surface area contributed by atoms with Gasteiger partial charge in [0.25, 0.3) is 0 Å². The molecule has 0 amide bonds. The number of halogens is 1. The molecule has 4 nitrogen and oxygen atoms in total. The van der Waals surface area contributed by atoms with Gasteiger partial charge in [0.2, 0.25) is 0 Å².